The molecule has 1 heterocycles. The van der Waals surface area contributed by atoms with E-state index in [0.29, 0.717) is 39.6 Å². The first kappa shape index (κ1) is 15.9. The molecule has 1 amide bonds. The van der Waals surface area contributed by atoms with Gasteiger partial charge in [0.25, 0.3) is 0 Å². The molecule has 2 rings (SSSR count). The molecule has 1 aliphatic rings. The quantitative estimate of drug-likeness (QED) is 0.727. The number of anilines is 1. The van der Waals surface area contributed by atoms with Crippen molar-refractivity contribution in [1.82, 2.24) is 5.32 Å². The minimum atomic E-state index is -0.291. The molecule has 1 aromatic rings. The van der Waals surface area contributed by atoms with Gasteiger partial charge in [-0.05, 0) is 17.7 Å². The summed E-state index contributed by atoms with van der Waals surface area (Å²) in [6, 6.07) is 7.34. The average molecular weight is 294 g/mol. The van der Waals surface area contributed by atoms with Crippen LogP contribution in [0.4, 0.5) is 5.69 Å². The summed E-state index contributed by atoms with van der Waals surface area (Å²) in [5, 5.41) is 6.02. The fourth-order valence-electron chi connectivity index (χ4n) is 2.03. The van der Waals surface area contributed by atoms with E-state index >= 15 is 0 Å². The maximum Gasteiger partial charge on any atom is 0.243 e. The van der Waals surface area contributed by atoms with Crippen molar-refractivity contribution in [3.8, 4) is 0 Å². The van der Waals surface area contributed by atoms with Gasteiger partial charge in [-0.3, -0.25) is 4.79 Å². The highest BCUT2D eigenvalue weighted by molar-refractivity contribution is 5.95. The number of morpholine rings is 1. The van der Waals surface area contributed by atoms with E-state index in [1.807, 2.05) is 24.3 Å². The summed E-state index contributed by atoms with van der Waals surface area (Å²) in [6.07, 6.45) is 0. The molecule has 0 spiro atoms. The van der Waals surface area contributed by atoms with Gasteiger partial charge in [-0.2, -0.15) is 0 Å². The summed E-state index contributed by atoms with van der Waals surface area (Å²) in [7, 11) is 1.64. The molecule has 2 N–H and O–H groups in total. The Balaban J connectivity index is 1.83. The molecule has 1 aliphatic heterocycles. The van der Waals surface area contributed by atoms with Crippen molar-refractivity contribution in [1.29, 1.82) is 0 Å². The first-order chi connectivity index (χ1) is 10.3. The third-order valence-electron chi connectivity index (χ3n) is 3.13. The SMILES string of the molecule is COCCOCc1cccc(NC(=O)C2COCCN2)c1. The Morgan fingerprint density at radius 1 is 1.48 bits per heavy atom. The summed E-state index contributed by atoms with van der Waals surface area (Å²) in [6.45, 7) is 3.38. The Morgan fingerprint density at radius 3 is 3.14 bits per heavy atom. The predicted molar refractivity (Wildman–Crippen MR) is 79.2 cm³/mol. The number of carbonyl (C=O) groups excluding carboxylic acids is 1. The van der Waals surface area contributed by atoms with Crippen LogP contribution in [0.5, 0.6) is 0 Å². The van der Waals surface area contributed by atoms with Crippen LogP contribution in [-0.2, 0) is 25.6 Å². The zero-order chi connectivity index (χ0) is 14.9. The molecular formula is C15H22N2O4. The summed E-state index contributed by atoms with van der Waals surface area (Å²) >= 11 is 0. The number of carbonyl (C=O) groups is 1. The monoisotopic (exact) mass is 294 g/mol. The number of ether oxygens (including phenoxy) is 3. The maximum atomic E-state index is 12.1. The maximum absolute atomic E-state index is 12.1. The lowest BCUT2D eigenvalue weighted by Crippen LogP contribution is -2.48. The molecule has 0 aliphatic carbocycles. The van der Waals surface area contributed by atoms with Crippen molar-refractivity contribution in [3.63, 3.8) is 0 Å². The molecule has 6 nitrogen and oxygen atoms in total. The third-order valence-corrected chi connectivity index (χ3v) is 3.13. The van der Waals surface area contributed by atoms with Gasteiger partial charge in [0, 0.05) is 19.3 Å². The highest BCUT2D eigenvalue weighted by Crippen LogP contribution is 2.12. The average Bonchev–Trinajstić information content (AvgIpc) is 2.53. The second kappa shape index (κ2) is 8.74. The summed E-state index contributed by atoms with van der Waals surface area (Å²) in [4.78, 5) is 12.1. The molecule has 0 bridgehead atoms. The van der Waals surface area contributed by atoms with Crippen LogP contribution in [0.3, 0.4) is 0 Å². The summed E-state index contributed by atoms with van der Waals surface area (Å²) in [5.74, 6) is -0.0767. The third kappa shape index (κ3) is 5.43. The van der Waals surface area contributed by atoms with Crippen molar-refractivity contribution >= 4 is 11.6 Å². The molecule has 6 heteroatoms. The van der Waals surface area contributed by atoms with Crippen molar-refractivity contribution < 1.29 is 19.0 Å². The molecule has 0 saturated carbocycles. The molecule has 1 fully saturated rings. The van der Waals surface area contributed by atoms with Gasteiger partial charge >= 0.3 is 0 Å². The standard InChI is InChI=1S/C15H22N2O4/c1-19-7-8-21-10-12-3-2-4-13(9-12)17-15(18)14-11-20-6-5-16-14/h2-4,9,14,16H,5-8,10-11H2,1H3,(H,17,18). The van der Waals surface area contributed by atoms with E-state index < -0.39 is 0 Å². The largest absolute Gasteiger partial charge is 0.382 e. The van der Waals surface area contributed by atoms with E-state index in [9.17, 15) is 4.79 Å². The van der Waals surface area contributed by atoms with Crippen LogP contribution in [-0.4, -0.2) is 52.0 Å². The predicted octanol–water partition coefficient (Wildman–Crippen LogP) is 0.777. The van der Waals surface area contributed by atoms with E-state index in [-0.39, 0.29) is 11.9 Å². The Morgan fingerprint density at radius 2 is 2.38 bits per heavy atom. The highest BCUT2D eigenvalue weighted by Gasteiger charge is 2.21. The molecule has 0 radical (unpaired) electrons. The minimum absolute atomic E-state index is 0.0767. The Bertz CT molecular complexity index is 447. The number of amides is 1. The number of hydrogen-bond acceptors (Lipinski definition) is 5. The molecule has 1 atom stereocenters. The van der Waals surface area contributed by atoms with Crippen LogP contribution < -0.4 is 10.6 Å². The molecular weight excluding hydrogens is 272 g/mol. The second-order valence-electron chi connectivity index (χ2n) is 4.82. The van der Waals surface area contributed by atoms with E-state index in [1.54, 1.807) is 7.11 Å². The van der Waals surface area contributed by atoms with Gasteiger partial charge in [-0.1, -0.05) is 12.1 Å². The number of methoxy groups -OCH3 is 1. The highest BCUT2D eigenvalue weighted by atomic mass is 16.5. The smallest absolute Gasteiger partial charge is 0.243 e. The van der Waals surface area contributed by atoms with E-state index in [0.717, 1.165) is 11.3 Å². The molecule has 21 heavy (non-hydrogen) atoms. The molecule has 116 valence electrons. The second-order valence-corrected chi connectivity index (χ2v) is 4.82. The fraction of sp³-hybridized carbons (Fsp3) is 0.533. The Hall–Kier alpha value is -1.47. The van der Waals surface area contributed by atoms with Crippen LogP contribution in [0.25, 0.3) is 0 Å². The van der Waals surface area contributed by atoms with Gasteiger partial charge in [-0.15, -0.1) is 0 Å². The topological polar surface area (TPSA) is 68.8 Å². The van der Waals surface area contributed by atoms with Crippen LogP contribution in [0.15, 0.2) is 24.3 Å². The van der Waals surface area contributed by atoms with Crippen molar-refractivity contribution in [2.75, 3.05) is 45.4 Å². The minimum Gasteiger partial charge on any atom is -0.382 e. The van der Waals surface area contributed by atoms with E-state index in [1.165, 1.54) is 0 Å². The summed E-state index contributed by atoms with van der Waals surface area (Å²) < 4.78 is 15.7. The van der Waals surface area contributed by atoms with Crippen LogP contribution in [0.1, 0.15) is 5.56 Å². The van der Waals surface area contributed by atoms with E-state index in [2.05, 4.69) is 10.6 Å². The lowest BCUT2D eigenvalue weighted by molar-refractivity contribution is -0.120. The number of rotatable bonds is 7. The zero-order valence-corrected chi connectivity index (χ0v) is 12.3. The zero-order valence-electron chi connectivity index (χ0n) is 12.3. The van der Waals surface area contributed by atoms with Gasteiger partial charge in [0.2, 0.25) is 5.91 Å². The van der Waals surface area contributed by atoms with Crippen molar-refractivity contribution in [3.05, 3.63) is 29.8 Å². The first-order valence-electron chi connectivity index (χ1n) is 7.07. The Labute approximate surface area is 124 Å². The normalized spacial score (nSPS) is 18.4. The molecule has 1 unspecified atom stereocenters. The molecule has 1 aromatic carbocycles. The fourth-order valence-corrected chi connectivity index (χ4v) is 2.03. The van der Waals surface area contributed by atoms with Crippen LogP contribution >= 0.6 is 0 Å². The van der Waals surface area contributed by atoms with Gasteiger partial charge in [0.1, 0.15) is 6.04 Å². The van der Waals surface area contributed by atoms with Gasteiger partial charge in [0.15, 0.2) is 0 Å². The Kier molecular flexibility index (Phi) is 6.62. The first-order valence-corrected chi connectivity index (χ1v) is 7.07. The van der Waals surface area contributed by atoms with Gasteiger partial charge in [0.05, 0.1) is 33.0 Å². The van der Waals surface area contributed by atoms with Crippen LogP contribution in [0, 0.1) is 0 Å². The van der Waals surface area contributed by atoms with Gasteiger partial charge in [-0.25, -0.2) is 0 Å². The lowest BCUT2D eigenvalue weighted by atomic mass is 10.2. The van der Waals surface area contributed by atoms with Crippen molar-refractivity contribution in [2.45, 2.75) is 12.6 Å². The molecule has 0 aromatic heterocycles. The number of hydrogen-bond donors (Lipinski definition) is 2. The number of nitrogens with one attached hydrogen (secondary N) is 2. The molecule has 1 saturated heterocycles. The number of benzene rings is 1. The summed E-state index contributed by atoms with van der Waals surface area (Å²) in [5.41, 5.74) is 1.77. The van der Waals surface area contributed by atoms with Crippen molar-refractivity contribution in [2.24, 2.45) is 0 Å². The van der Waals surface area contributed by atoms with E-state index in [4.69, 9.17) is 14.2 Å². The lowest BCUT2D eigenvalue weighted by Gasteiger charge is -2.23. The van der Waals surface area contributed by atoms with Crippen LogP contribution in [0.2, 0.25) is 0 Å². The van der Waals surface area contributed by atoms with Gasteiger partial charge < -0.3 is 24.8 Å².